The molecule has 2 aliphatic heterocycles. The highest BCUT2D eigenvalue weighted by atomic mass is 16.1. The van der Waals surface area contributed by atoms with E-state index >= 15 is 0 Å². The Balaban J connectivity index is 2.45. The Morgan fingerprint density at radius 2 is 2.08 bits per heavy atom. The van der Waals surface area contributed by atoms with E-state index in [0.717, 1.165) is 0 Å². The van der Waals surface area contributed by atoms with Crippen LogP contribution in [0.15, 0.2) is 21.4 Å². The van der Waals surface area contributed by atoms with E-state index in [-0.39, 0.29) is 18.0 Å². The standard InChI is InChI=1S/C8H6N2O2/c11-5-3-6-7(12)1-2-9-8(6)10-4-5/h2,4H,1,3H2. The predicted octanol–water partition coefficient (Wildman–Crippen LogP) is 0.285. The van der Waals surface area contributed by atoms with Gasteiger partial charge in [-0.05, 0) is 0 Å². The fourth-order valence-electron chi connectivity index (χ4n) is 1.18. The van der Waals surface area contributed by atoms with Crippen LogP contribution in [0.2, 0.25) is 0 Å². The zero-order valence-electron chi connectivity index (χ0n) is 6.28. The van der Waals surface area contributed by atoms with Gasteiger partial charge >= 0.3 is 0 Å². The highest BCUT2D eigenvalue weighted by Crippen LogP contribution is 2.20. The third-order valence-electron chi connectivity index (χ3n) is 1.78. The van der Waals surface area contributed by atoms with Crippen LogP contribution in [0.4, 0.5) is 0 Å². The van der Waals surface area contributed by atoms with Crippen LogP contribution in [0.3, 0.4) is 0 Å². The summed E-state index contributed by atoms with van der Waals surface area (Å²) in [7, 11) is 0. The van der Waals surface area contributed by atoms with Gasteiger partial charge < -0.3 is 0 Å². The highest BCUT2D eigenvalue weighted by Gasteiger charge is 2.22. The van der Waals surface area contributed by atoms with Crippen molar-refractivity contribution in [2.24, 2.45) is 9.98 Å². The van der Waals surface area contributed by atoms with Crippen molar-refractivity contribution < 1.29 is 9.59 Å². The number of carbonyl (C=O) groups is 2. The van der Waals surface area contributed by atoms with Crippen molar-refractivity contribution in [3.63, 3.8) is 0 Å². The van der Waals surface area contributed by atoms with E-state index in [4.69, 9.17) is 0 Å². The number of aliphatic imine (C=N–C) groups is 2. The molecule has 0 aliphatic carbocycles. The second kappa shape index (κ2) is 2.48. The van der Waals surface area contributed by atoms with E-state index in [1.165, 1.54) is 12.4 Å². The minimum absolute atomic E-state index is 0.0369. The first-order chi connectivity index (χ1) is 5.77. The lowest BCUT2D eigenvalue weighted by molar-refractivity contribution is -0.117. The number of carbonyl (C=O) groups excluding carboxylic acids is 2. The lowest BCUT2D eigenvalue weighted by Gasteiger charge is -2.12. The van der Waals surface area contributed by atoms with E-state index in [1.54, 1.807) is 0 Å². The average molecular weight is 162 g/mol. The molecule has 0 saturated heterocycles. The Labute approximate surface area is 68.7 Å². The van der Waals surface area contributed by atoms with Crippen molar-refractivity contribution in [2.75, 3.05) is 0 Å². The molecule has 2 heterocycles. The monoisotopic (exact) mass is 162 g/mol. The SMILES string of the molecule is O=C1C=NC2=C(C1)C(=O)CC=N2. The van der Waals surface area contributed by atoms with E-state index in [2.05, 4.69) is 9.98 Å². The maximum absolute atomic E-state index is 11.2. The normalized spacial score (nSPS) is 21.7. The fourth-order valence-corrected chi connectivity index (χ4v) is 1.18. The Hall–Kier alpha value is -1.58. The summed E-state index contributed by atoms with van der Waals surface area (Å²) in [4.78, 5) is 29.8. The van der Waals surface area contributed by atoms with Crippen LogP contribution in [0.5, 0.6) is 0 Å². The quantitative estimate of drug-likeness (QED) is 0.513. The van der Waals surface area contributed by atoms with E-state index in [9.17, 15) is 9.59 Å². The summed E-state index contributed by atoms with van der Waals surface area (Å²) in [6.45, 7) is 0. The second-order valence-electron chi connectivity index (χ2n) is 2.64. The van der Waals surface area contributed by atoms with Crippen molar-refractivity contribution >= 4 is 24.0 Å². The molecule has 2 aliphatic rings. The van der Waals surface area contributed by atoms with Gasteiger partial charge in [0.15, 0.2) is 17.4 Å². The number of nitrogens with zero attached hydrogens (tertiary/aromatic N) is 2. The van der Waals surface area contributed by atoms with Gasteiger partial charge in [0, 0.05) is 24.6 Å². The molecule has 0 aromatic heterocycles. The molecular formula is C8H6N2O2. The molecule has 0 unspecified atom stereocenters. The molecule has 4 nitrogen and oxygen atoms in total. The summed E-state index contributed by atoms with van der Waals surface area (Å²) in [5, 5.41) is 0. The van der Waals surface area contributed by atoms with Crippen molar-refractivity contribution in [1.29, 1.82) is 0 Å². The van der Waals surface area contributed by atoms with E-state index in [1.807, 2.05) is 0 Å². The minimum Gasteiger partial charge on any atom is -0.294 e. The first-order valence-corrected chi connectivity index (χ1v) is 3.63. The van der Waals surface area contributed by atoms with Crippen LogP contribution in [-0.4, -0.2) is 24.0 Å². The second-order valence-corrected chi connectivity index (χ2v) is 2.64. The molecule has 0 bridgehead atoms. The zero-order valence-corrected chi connectivity index (χ0v) is 6.28. The van der Waals surface area contributed by atoms with Crippen LogP contribution < -0.4 is 0 Å². The Morgan fingerprint density at radius 1 is 1.25 bits per heavy atom. The fraction of sp³-hybridized carbons (Fsp3) is 0.250. The molecular weight excluding hydrogens is 156 g/mol. The van der Waals surface area contributed by atoms with Gasteiger partial charge in [-0.2, -0.15) is 0 Å². The lowest BCUT2D eigenvalue weighted by Crippen LogP contribution is -2.17. The Morgan fingerprint density at radius 3 is 2.92 bits per heavy atom. The van der Waals surface area contributed by atoms with E-state index < -0.39 is 0 Å². The van der Waals surface area contributed by atoms with Crippen LogP contribution in [0.25, 0.3) is 0 Å². The highest BCUT2D eigenvalue weighted by molar-refractivity contribution is 6.31. The summed E-state index contributed by atoms with van der Waals surface area (Å²) < 4.78 is 0. The maximum Gasteiger partial charge on any atom is 0.178 e. The molecule has 0 aromatic rings. The number of hydrogen-bond acceptors (Lipinski definition) is 4. The van der Waals surface area contributed by atoms with Gasteiger partial charge in [0.2, 0.25) is 0 Å². The molecule has 12 heavy (non-hydrogen) atoms. The van der Waals surface area contributed by atoms with Crippen molar-refractivity contribution in [3.8, 4) is 0 Å². The molecule has 0 saturated carbocycles. The van der Waals surface area contributed by atoms with Gasteiger partial charge in [-0.3, -0.25) is 9.59 Å². The van der Waals surface area contributed by atoms with Crippen LogP contribution >= 0.6 is 0 Å². The van der Waals surface area contributed by atoms with Crippen LogP contribution in [0, 0.1) is 0 Å². The Bertz CT molecular complexity index is 350. The van der Waals surface area contributed by atoms with Gasteiger partial charge in [-0.15, -0.1) is 0 Å². The first kappa shape index (κ1) is 7.09. The number of ketones is 2. The van der Waals surface area contributed by atoms with Gasteiger partial charge in [-0.25, -0.2) is 9.98 Å². The van der Waals surface area contributed by atoms with Crippen molar-refractivity contribution in [1.82, 2.24) is 0 Å². The molecule has 0 N–H and O–H groups in total. The number of allylic oxidation sites excluding steroid dienone is 1. The molecule has 2 rings (SSSR count). The topological polar surface area (TPSA) is 58.9 Å². The molecule has 4 heteroatoms. The summed E-state index contributed by atoms with van der Waals surface area (Å²) in [5.41, 5.74) is 0.463. The average Bonchev–Trinajstić information content (AvgIpc) is 2.07. The lowest BCUT2D eigenvalue weighted by atomic mass is 10.00. The largest absolute Gasteiger partial charge is 0.294 e. The Kier molecular flexibility index (Phi) is 1.46. The molecule has 0 radical (unpaired) electrons. The predicted molar refractivity (Wildman–Crippen MR) is 43.3 cm³/mol. The number of hydrogen-bond donors (Lipinski definition) is 0. The molecule has 0 aromatic carbocycles. The summed E-state index contributed by atoms with van der Waals surface area (Å²) in [6, 6.07) is 0. The third-order valence-corrected chi connectivity index (χ3v) is 1.78. The van der Waals surface area contributed by atoms with Crippen LogP contribution in [-0.2, 0) is 9.59 Å². The smallest absolute Gasteiger partial charge is 0.178 e. The van der Waals surface area contributed by atoms with Gasteiger partial charge in [0.05, 0.1) is 6.21 Å². The van der Waals surface area contributed by atoms with Crippen LogP contribution in [0.1, 0.15) is 12.8 Å². The summed E-state index contributed by atoms with van der Waals surface area (Å²) in [6.07, 6.45) is 3.19. The van der Waals surface area contributed by atoms with Gasteiger partial charge in [0.25, 0.3) is 0 Å². The maximum atomic E-state index is 11.2. The third kappa shape index (κ3) is 1.01. The molecule has 0 atom stereocenters. The summed E-state index contributed by atoms with van der Waals surface area (Å²) >= 11 is 0. The first-order valence-electron chi connectivity index (χ1n) is 3.63. The molecule has 60 valence electrons. The van der Waals surface area contributed by atoms with Gasteiger partial charge in [0.1, 0.15) is 0 Å². The molecule has 0 spiro atoms. The molecule has 0 fully saturated rings. The zero-order chi connectivity index (χ0) is 8.55. The molecule has 0 amide bonds. The van der Waals surface area contributed by atoms with Crippen molar-refractivity contribution in [2.45, 2.75) is 12.8 Å². The van der Waals surface area contributed by atoms with E-state index in [0.29, 0.717) is 17.8 Å². The number of rotatable bonds is 0. The minimum atomic E-state index is -0.126. The van der Waals surface area contributed by atoms with Gasteiger partial charge in [-0.1, -0.05) is 0 Å². The summed E-state index contributed by atoms with van der Waals surface area (Å²) in [5.74, 6) is 0.246. The van der Waals surface area contributed by atoms with Crippen molar-refractivity contribution in [3.05, 3.63) is 11.4 Å². The number of Topliss-reactive ketones (excluding diaryl/α,β-unsaturated/α-hetero) is 2.